The molecule has 0 radical (unpaired) electrons. The summed E-state index contributed by atoms with van der Waals surface area (Å²) in [6.45, 7) is 9.93. The van der Waals surface area contributed by atoms with E-state index < -0.39 is 4.75 Å². The molecule has 0 aliphatic rings. The molecule has 1 atom stereocenters. The lowest BCUT2D eigenvalue weighted by Gasteiger charge is -2.33. The third-order valence-corrected chi connectivity index (χ3v) is 4.86. The third kappa shape index (κ3) is 3.35. The summed E-state index contributed by atoms with van der Waals surface area (Å²) in [4.78, 5) is 13.3. The Bertz CT molecular complexity index is 411. The van der Waals surface area contributed by atoms with Crippen LogP contribution >= 0.6 is 11.8 Å². The number of ketones is 1. The second-order valence-electron chi connectivity index (χ2n) is 5.34. The zero-order valence-electron chi connectivity index (χ0n) is 11.7. The summed E-state index contributed by atoms with van der Waals surface area (Å²) < 4.78 is 12.4. The predicted molar refractivity (Wildman–Crippen MR) is 75.3 cm³/mol. The Morgan fingerprint density at radius 3 is 2.06 bits per heavy atom. The van der Waals surface area contributed by atoms with Crippen molar-refractivity contribution in [2.75, 3.05) is 0 Å². The molecule has 0 fully saturated rings. The van der Waals surface area contributed by atoms with E-state index in [9.17, 15) is 9.18 Å². The molecule has 0 aliphatic carbocycles. The fourth-order valence-corrected chi connectivity index (χ4v) is 3.11. The van der Waals surface area contributed by atoms with Gasteiger partial charge in [-0.15, -0.1) is 11.8 Å². The van der Waals surface area contributed by atoms with Crippen LogP contribution in [0.1, 0.15) is 34.6 Å². The molecule has 1 aromatic carbocycles. The van der Waals surface area contributed by atoms with E-state index in [2.05, 4.69) is 13.8 Å². The summed E-state index contributed by atoms with van der Waals surface area (Å²) in [6.07, 6.45) is 0. The highest BCUT2D eigenvalue weighted by atomic mass is 32.2. The van der Waals surface area contributed by atoms with Gasteiger partial charge >= 0.3 is 0 Å². The number of rotatable bonds is 5. The number of benzene rings is 1. The van der Waals surface area contributed by atoms with E-state index in [1.54, 1.807) is 12.1 Å². The van der Waals surface area contributed by atoms with Gasteiger partial charge in [0.1, 0.15) is 5.82 Å². The van der Waals surface area contributed by atoms with Crippen LogP contribution in [0, 0.1) is 17.7 Å². The number of Topliss-reactive ketones (excluding diaryl/α,β-unsaturated/α-hetero) is 1. The van der Waals surface area contributed by atoms with Gasteiger partial charge in [-0.05, 0) is 37.1 Å². The van der Waals surface area contributed by atoms with E-state index in [4.69, 9.17) is 0 Å². The molecule has 0 N–H and O–H groups in total. The Morgan fingerprint density at radius 1 is 1.17 bits per heavy atom. The fourth-order valence-electron chi connectivity index (χ4n) is 1.77. The molecule has 0 spiro atoms. The van der Waals surface area contributed by atoms with E-state index >= 15 is 0 Å². The monoisotopic (exact) mass is 268 g/mol. The first-order valence-corrected chi connectivity index (χ1v) is 7.08. The van der Waals surface area contributed by atoms with Crippen LogP contribution in [0.4, 0.5) is 4.39 Å². The molecule has 1 rings (SSSR count). The topological polar surface area (TPSA) is 17.1 Å². The van der Waals surface area contributed by atoms with Crippen molar-refractivity contribution in [2.45, 2.75) is 44.3 Å². The Labute approximate surface area is 113 Å². The number of carbonyl (C=O) groups is 1. The van der Waals surface area contributed by atoms with E-state index in [0.717, 1.165) is 4.90 Å². The average Bonchev–Trinajstić information content (AvgIpc) is 2.30. The zero-order chi connectivity index (χ0) is 13.9. The Kier molecular flexibility index (Phi) is 4.97. The van der Waals surface area contributed by atoms with Crippen molar-refractivity contribution in [3.05, 3.63) is 30.1 Å². The molecule has 0 aromatic heterocycles. The minimum atomic E-state index is -0.466. The Hall–Kier alpha value is -0.830. The second kappa shape index (κ2) is 5.87. The molecule has 0 heterocycles. The molecule has 1 aromatic rings. The quantitative estimate of drug-likeness (QED) is 0.728. The number of hydrogen-bond acceptors (Lipinski definition) is 2. The molecule has 3 heteroatoms. The van der Waals surface area contributed by atoms with Crippen LogP contribution in [-0.2, 0) is 4.79 Å². The molecule has 1 unspecified atom stereocenters. The van der Waals surface area contributed by atoms with Crippen LogP contribution in [0.3, 0.4) is 0 Å². The van der Waals surface area contributed by atoms with E-state index in [1.165, 1.54) is 23.9 Å². The maximum atomic E-state index is 12.9. The van der Waals surface area contributed by atoms with Gasteiger partial charge in [0, 0.05) is 10.8 Å². The molecule has 100 valence electrons. The summed E-state index contributed by atoms with van der Waals surface area (Å²) in [5, 5.41) is 0. The van der Waals surface area contributed by atoms with Crippen molar-refractivity contribution in [1.29, 1.82) is 0 Å². The average molecular weight is 268 g/mol. The maximum Gasteiger partial charge on any atom is 0.151 e. The largest absolute Gasteiger partial charge is 0.298 e. The van der Waals surface area contributed by atoms with E-state index in [0.29, 0.717) is 0 Å². The van der Waals surface area contributed by atoms with Crippen LogP contribution in [0.25, 0.3) is 0 Å². The van der Waals surface area contributed by atoms with Crippen molar-refractivity contribution in [2.24, 2.45) is 11.8 Å². The lowest BCUT2D eigenvalue weighted by Crippen LogP contribution is -2.40. The smallest absolute Gasteiger partial charge is 0.151 e. The molecule has 0 amide bonds. The van der Waals surface area contributed by atoms with E-state index in [1.807, 2.05) is 20.8 Å². The summed E-state index contributed by atoms with van der Waals surface area (Å²) >= 11 is 1.53. The van der Waals surface area contributed by atoms with Crippen molar-refractivity contribution < 1.29 is 9.18 Å². The first-order valence-electron chi connectivity index (χ1n) is 6.26. The van der Waals surface area contributed by atoms with E-state index in [-0.39, 0.29) is 23.4 Å². The Morgan fingerprint density at radius 2 is 1.67 bits per heavy atom. The summed E-state index contributed by atoms with van der Waals surface area (Å²) in [7, 11) is 0. The van der Waals surface area contributed by atoms with Crippen molar-refractivity contribution >= 4 is 17.5 Å². The molecule has 0 saturated heterocycles. The van der Waals surface area contributed by atoms with Crippen molar-refractivity contribution in [3.63, 3.8) is 0 Å². The molecular formula is C15H21FOS. The minimum Gasteiger partial charge on any atom is -0.298 e. The van der Waals surface area contributed by atoms with Gasteiger partial charge in [-0.1, -0.05) is 27.7 Å². The van der Waals surface area contributed by atoms with Crippen LogP contribution < -0.4 is 0 Å². The SMILES string of the molecule is CC(C)C(=O)C(C)(Sc1ccc(F)cc1)C(C)C. The highest BCUT2D eigenvalue weighted by Gasteiger charge is 2.38. The maximum absolute atomic E-state index is 12.9. The Balaban J connectivity index is 3.00. The van der Waals surface area contributed by atoms with Gasteiger partial charge in [0.2, 0.25) is 0 Å². The standard InChI is InChI=1S/C15H21FOS/c1-10(2)14(17)15(5,11(3)4)18-13-8-6-12(16)7-9-13/h6-11H,1-5H3. The number of halogens is 1. The summed E-state index contributed by atoms with van der Waals surface area (Å²) in [5.74, 6) is 0.223. The van der Waals surface area contributed by atoms with Gasteiger partial charge in [-0.3, -0.25) is 4.79 Å². The van der Waals surface area contributed by atoms with Gasteiger partial charge in [-0.25, -0.2) is 4.39 Å². The first kappa shape index (κ1) is 15.2. The molecule has 0 bridgehead atoms. The second-order valence-corrected chi connectivity index (χ2v) is 6.86. The summed E-state index contributed by atoms with van der Waals surface area (Å²) in [5.41, 5.74) is 0. The van der Waals surface area contributed by atoms with Crippen molar-refractivity contribution in [1.82, 2.24) is 0 Å². The van der Waals surface area contributed by atoms with Crippen LogP contribution in [-0.4, -0.2) is 10.5 Å². The molecule has 18 heavy (non-hydrogen) atoms. The molecule has 0 saturated carbocycles. The van der Waals surface area contributed by atoms with Crippen LogP contribution in [0.15, 0.2) is 29.2 Å². The number of carbonyl (C=O) groups excluding carboxylic acids is 1. The van der Waals surface area contributed by atoms with Gasteiger partial charge in [-0.2, -0.15) is 0 Å². The lowest BCUT2D eigenvalue weighted by atomic mass is 9.87. The van der Waals surface area contributed by atoms with Gasteiger partial charge in [0.05, 0.1) is 4.75 Å². The van der Waals surface area contributed by atoms with Gasteiger partial charge in [0.25, 0.3) is 0 Å². The molecule has 1 nitrogen and oxygen atoms in total. The van der Waals surface area contributed by atoms with Gasteiger partial charge < -0.3 is 0 Å². The predicted octanol–water partition coefficient (Wildman–Crippen LogP) is 4.56. The fraction of sp³-hybridized carbons (Fsp3) is 0.533. The van der Waals surface area contributed by atoms with Crippen molar-refractivity contribution in [3.8, 4) is 0 Å². The number of thioether (sulfide) groups is 1. The van der Waals surface area contributed by atoms with Crippen LogP contribution in [0.2, 0.25) is 0 Å². The van der Waals surface area contributed by atoms with Crippen LogP contribution in [0.5, 0.6) is 0 Å². The highest BCUT2D eigenvalue weighted by Crippen LogP contribution is 2.40. The third-order valence-electron chi connectivity index (χ3n) is 3.26. The molecule has 0 aliphatic heterocycles. The zero-order valence-corrected chi connectivity index (χ0v) is 12.5. The molecular weight excluding hydrogens is 247 g/mol. The minimum absolute atomic E-state index is 0.00495. The highest BCUT2D eigenvalue weighted by molar-refractivity contribution is 8.01. The van der Waals surface area contributed by atoms with Gasteiger partial charge in [0.15, 0.2) is 5.78 Å². The summed E-state index contributed by atoms with van der Waals surface area (Å²) in [6, 6.07) is 6.33. The lowest BCUT2D eigenvalue weighted by molar-refractivity contribution is -0.124. The first-order chi connectivity index (χ1) is 8.27. The number of hydrogen-bond donors (Lipinski definition) is 0. The normalized spacial score (nSPS) is 14.9.